The average Bonchev–Trinajstić information content (AvgIpc) is 2.65. The van der Waals surface area contributed by atoms with Gasteiger partial charge in [0.15, 0.2) is 0 Å². The Labute approximate surface area is 165 Å². The van der Waals surface area contributed by atoms with Crippen molar-refractivity contribution in [2.75, 3.05) is 18.4 Å². The molecule has 1 saturated heterocycles. The molecule has 0 bridgehead atoms. The van der Waals surface area contributed by atoms with E-state index in [0.29, 0.717) is 36.6 Å². The van der Waals surface area contributed by atoms with Crippen LogP contribution >= 0.6 is 11.6 Å². The van der Waals surface area contributed by atoms with E-state index < -0.39 is 10.0 Å². The summed E-state index contributed by atoms with van der Waals surface area (Å²) in [6.45, 7) is 2.68. The molecule has 7 heteroatoms. The van der Waals surface area contributed by atoms with Gasteiger partial charge in [0.25, 0.3) is 0 Å². The Bertz CT molecular complexity index is 905. The number of nitrogens with one attached hydrogen (secondary N) is 1. The number of aryl methyl sites for hydroxylation is 1. The smallest absolute Gasteiger partial charge is 0.227 e. The summed E-state index contributed by atoms with van der Waals surface area (Å²) in [6, 6.07) is 14.6. The van der Waals surface area contributed by atoms with Crippen LogP contribution in [0.25, 0.3) is 0 Å². The summed E-state index contributed by atoms with van der Waals surface area (Å²) in [5, 5.41) is 3.33. The number of carbonyl (C=O) groups excluding carboxylic acids is 1. The van der Waals surface area contributed by atoms with E-state index in [9.17, 15) is 13.2 Å². The maximum atomic E-state index is 12.7. The molecule has 0 saturated carbocycles. The fourth-order valence-corrected chi connectivity index (χ4v) is 4.93. The molecule has 2 aromatic carbocycles. The van der Waals surface area contributed by atoms with E-state index in [1.807, 2.05) is 37.3 Å². The Morgan fingerprint density at radius 3 is 2.37 bits per heavy atom. The minimum atomic E-state index is -3.38. The predicted octanol–water partition coefficient (Wildman–Crippen LogP) is 3.83. The monoisotopic (exact) mass is 406 g/mol. The van der Waals surface area contributed by atoms with Crippen molar-refractivity contribution in [2.45, 2.75) is 25.5 Å². The molecule has 0 atom stereocenters. The van der Waals surface area contributed by atoms with Crippen LogP contribution in [-0.4, -0.2) is 31.7 Å². The molecule has 0 radical (unpaired) electrons. The maximum absolute atomic E-state index is 12.7. The van der Waals surface area contributed by atoms with Gasteiger partial charge in [-0.15, -0.1) is 0 Å². The summed E-state index contributed by atoms with van der Waals surface area (Å²) in [5.74, 6) is -0.338. The van der Waals surface area contributed by atoms with Crippen LogP contribution in [0.15, 0.2) is 48.5 Å². The van der Waals surface area contributed by atoms with Gasteiger partial charge in [0.05, 0.1) is 16.5 Å². The maximum Gasteiger partial charge on any atom is 0.227 e. The van der Waals surface area contributed by atoms with Crippen LogP contribution in [0.5, 0.6) is 0 Å². The largest absolute Gasteiger partial charge is 0.325 e. The molecule has 0 spiro atoms. The number of carbonyl (C=O) groups is 1. The number of benzene rings is 2. The highest BCUT2D eigenvalue weighted by atomic mass is 35.5. The van der Waals surface area contributed by atoms with Crippen molar-refractivity contribution in [3.63, 3.8) is 0 Å². The number of piperidine rings is 1. The van der Waals surface area contributed by atoms with Gasteiger partial charge in [0.1, 0.15) is 0 Å². The summed E-state index contributed by atoms with van der Waals surface area (Å²) in [4.78, 5) is 12.5. The van der Waals surface area contributed by atoms with Gasteiger partial charge in [-0.3, -0.25) is 4.79 Å². The fraction of sp³-hybridized carbons (Fsp3) is 0.350. The van der Waals surface area contributed by atoms with Crippen LogP contribution in [0, 0.1) is 12.8 Å². The zero-order valence-electron chi connectivity index (χ0n) is 15.2. The van der Waals surface area contributed by atoms with Gasteiger partial charge in [-0.05, 0) is 37.5 Å². The number of anilines is 1. The molecular formula is C20H23ClN2O3S. The molecule has 1 aliphatic rings. The normalized spacial score (nSPS) is 16.2. The van der Waals surface area contributed by atoms with Crippen molar-refractivity contribution in [1.29, 1.82) is 0 Å². The molecule has 1 amide bonds. The van der Waals surface area contributed by atoms with Crippen molar-refractivity contribution in [3.8, 4) is 0 Å². The highest BCUT2D eigenvalue weighted by molar-refractivity contribution is 7.88. The Kier molecular flexibility index (Phi) is 6.19. The van der Waals surface area contributed by atoms with Gasteiger partial charge >= 0.3 is 0 Å². The lowest BCUT2D eigenvalue weighted by atomic mass is 9.97. The van der Waals surface area contributed by atoms with Gasteiger partial charge < -0.3 is 5.32 Å². The molecule has 2 aromatic rings. The predicted molar refractivity (Wildman–Crippen MR) is 108 cm³/mol. The molecule has 144 valence electrons. The number of sulfonamides is 1. The minimum Gasteiger partial charge on any atom is -0.325 e. The third-order valence-corrected chi connectivity index (χ3v) is 7.00. The SMILES string of the molecule is Cc1ccc(CS(=O)(=O)N2CCC(C(=O)Nc3ccccc3Cl)CC2)cc1. The number of amides is 1. The summed E-state index contributed by atoms with van der Waals surface area (Å²) in [7, 11) is -3.38. The number of para-hydroxylation sites is 1. The van der Waals surface area contributed by atoms with Crippen LogP contribution in [0.1, 0.15) is 24.0 Å². The lowest BCUT2D eigenvalue weighted by molar-refractivity contribution is -0.120. The average molecular weight is 407 g/mol. The van der Waals surface area contributed by atoms with Crippen molar-refractivity contribution in [1.82, 2.24) is 4.31 Å². The second kappa shape index (κ2) is 8.42. The van der Waals surface area contributed by atoms with E-state index in [4.69, 9.17) is 11.6 Å². The van der Waals surface area contributed by atoms with Gasteiger partial charge in [0.2, 0.25) is 15.9 Å². The number of rotatable bonds is 5. The zero-order chi connectivity index (χ0) is 19.4. The standard InChI is InChI=1S/C20H23ClN2O3S/c1-15-6-8-16(9-7-15)14-27(25,26)23-12-10-17(11-13-23)20(24)22-19-5-3-2-4-18(19)21/h2-9,17H,10-14H2,1H3,(H,22,24). The molecule has 3 rings (SSSR count). The molecule has 1 N–H and O–H groups in total. The highest BCUT2D eigenvalue weighted by Crippen LogP contribution is 2.25. The van der Waals surface area contributed by atoms with Crippen LogP contribution in [0.3, 0.4) is 0 Å². The van der Waals surface area contributed by atoms with Crippen LogP contribution in [0.4, 0.5) is 5.69 Å². The molecular weight excluding hydrogens is 384 g/mol. The molecule has 1 fully saturated rings. The van der Waals surface area contributed by atoms with Crippen molar-refractivity contribution in [2.24, 2.45) is 5.92 Å². The zero-order valence-corrected chi connectivity index (χ0v) is 16.8. The van der Waals surface area contributed by atoms with E-state index in [0.717, 1.165) is 11.1 Å². The van der Waals surface area contributed by atoms with Gasteiger partial charge in [-0.25, -0.2) is 12.7 Å². The first-order chi connectivity index (χ1) is 12.8. The van der Waals surface area contributed by atoms with E-state index in [1.54, 1.807) is 18.2 Å². The van der Waals surface area contributed by atoms with Crippen molar-refractivity contribution < 1.29 is 13.2 Å². The fourth-order valence-electron chi connectivity index (χ4n) is 3.18. The number of hydrogen-bond acceptors (Lipinski definition) is 3. The molecule has 1 aliphatic heterocycles. The highest BCUT2D eigenvalue weighted by Gasteiger charge is 2.31. The van der Waals surface area contributed by atoms with Crippen LogP contribution < -0.4 is 5.32 Å². The molecule has 0 aromatic heterocycles. The second-order valence-electron chi connectivity index (χ2n) is 6.88. The van der Waals surface area contributed by atoms with Crippen LogP contribution in [-0.2, 0) is 20.6 Å². The Morgan fingerprint density at radius 2 is 1.74 bits per heavy atom. The first-order valence-corrected chi connectivity index (χ1v) is 10.9. The van der Waals surface area contributed by atoms with Gasteiger partial charge in [-0.1, -0.05) is 53.6 Å². The third-order valence-electron chi connectivity index (χ3n) is 4.82. The summed E-state index contributed by atoms with van der Waals surface area (Å²) in [6.07, 6.45) is 1.01. The second-order valence-corrected chi connectivity index (χ2v) is 9.26. The molecule has 27 heavy (non-hydrogen) atoms. The summed E-state index contributed by atoms with van der Waals surface area (Å²) in [5.41, 5.74) is 2.46. The third kappa shape index (κ3) is 5.09. The van der Waals surface area contributed by atoms with Crippen LogP contribution in [0.2, 0.25) is 5.02 Å². The van der Waals surface area contributed by atoms with E-state index in [-0.39, 0.29) is 17.6 Å². The topological polar surface area (TPSA) is 66.5 Å². The van der Waals surface area contributed by atoms with Gasteiger partial charge in [-0.2, -0.15) is 0 Å². The summed E-state index contributed by atoms with van der Waals surface area (Å²) < 4.78 is 26.8. The number of nitrogens with zero attached hydrogens (tertiary/aromatic N) is 1. The van der Waals surface area contributed by atoms with Crippen molar-refractivity contribution >= 4 is 33.2 Å². The summed E-state index contributed by atoms with van der Waals surface area (Å²) >= 11 is 6.07. The quantitative estimate of drug-likeness (QED) is 0.820. The Morgan fingerprint density at radius 1 is 1.11 bits per heavy atom. The van der Waals surface area contributed by atoms with E-state index in [2.05, 4.69) is 5.32 Å². The van der Waals surface area contributed by atoms with E-state index >= 15 is 0 Å². The number of halogens is 1. The molecule has 1 heterocycles. The molecule has 5 nitrogen and oxygen atoms in total. The first-order valence-electron chi connectivity index (χ1n) is 8.94. The molecule has 0 unspecified atom stereocenters. The number of hydrogen-bond donors (Lipinski definition) is 1. The van der Waals surface area contributed by atoms with Crippen molar-refractivity contribution in [3.05, 3.63) is 64.7 Å². The lowest BCUT2D eigenvalue weighted by Gasteiger charge is -2.30. The Balaban J connectivity index is 1.57. The molecule has 0 aliphatic carbocycles. The lowest BCUT2D eigenvalue weighted by Crippen LogP contribution is -2.41. The minimum absolute atomic E-state index is 0.0102. The Hall–Kier alpha value is -1.89. The van der Waals surface area contributed by atoms with E-state index in [1.165, 1.54) is 4.31 Å². The first kappa shape index (κ1) is 19.9. The van der Waals surface area contributed by atoms with Gasteiger partial charge in [0, 0.05) is 19.0 Å².